The predicted molar refractivity (Wildman–Crippen MR) is 59.1 cm³/mol. The van der Waals surface area contributed by atoms with Crippen molar-refractivity contribution in [1.29, 1.82) is 0 Å². The summed E-state index contributed by atoms with van der Waals surface area (Å²) in [5.41, 5.74) is 6.12. The van der Waals surface area contributed by atoms with Crippen LogP contribution < -0.4 is 10.5 Å². The number of anilines is 1. The molecule has 0 bridgehead atoms. The highest BCUT2D eigenvalue weighted by Crippen LogP contribution is 2.26. The van der Waals surface area contributed by atoms with Gasteiger partial charge in [-0.25, -0.2) is 4.98 Å². The molecule has 5 heteroatoms. The minimum absolute atomic E-state index is 0.474. The van der Waals surface area contributed by atoms with Gasteiger partial charge in [-0.1, -0.05) is 11.6 Å². The molecule has 2 rings (SSSR count). The summed E-state index contributed by atoms with van der Waals surface area (Å²) in [4.78, 5) is 4.03. The first-order valence-corrected chi connectivity index (χ1v) is 4.75. The Balaban J connectivity index is 2.25. The molecule has 0 aliphatic heterocycles. The molecule has 0 fully saturated rings. The fourth-order valence-electron chi connectivity index (χ4n) is 1.13. The number of hydrogen-bond donors (Lipinski definition) is 1. The predicted octanol–water partition coefficient (Wildman–Crippen LogP) is 2.45. The van der Waals surface area contributed by atoms with E-state index in [9.17, 15) is 0 Å². The van der Waals surface area contributed by atoms with E-state index < -0.39 is 0 Å². The second-order valence-electron chi connectivity index (χ2n) is 3.11. The van der Waals surface area contributed by atoms with Gasteiger partial charge >= 0.3 is 6.01 Å². The number of nitrogen functional groups attached to an aromatic ring is 1. The highest BCUT2D eigenvalue weighted by Gasteiger charge is 2.04. The third kappa shape index (κ3) is 2.05. The zero-order valence-electron chi connectivity index (χ0n) is 8.14. The average Bonchev–Trinajstić information content (AvgIpc) is 2.59. The van der Waals surface area contributed by atoms with Crippen molar-refractivity contribution in [2.45, 2.75) is 0 Å². The van der Waals surface area contributed by atoms with Gasteiger partial charge in [0.15, 0.2) is 0 Å². The topological polar surface area (TPSA) is 53.1 Å². The normalized spacial score (nSPS) is 10.3. The summed E-state index contributed by atoms with van der Waals surface area (Å²) in [6, 6.07) is 5.61. The van der Waals surface area contributed by atoms with Gasteiger partial charge in [0, 0.05) is 25.5 Å². The minimum atomic E-state index is 0.474. The van der Waals surface area contributed by atoms with Gasteiger partial charge in [0.1, 0.15) is 5.75 Å². The molecule has 0 aliphatic rings. The van der Waals surface area contributed by atoms with Crippen LogP contribution in [-0.2, 0) is 7.05 Å². The Morgan fingerprint density at radius 2 is 2.27 bits per heavy atom. The van der Waals surface area contributed by atoms with Crippen LogP contribution in [0.5, 0.6) is 11.8 Å². The Hall–Kier alpha value is -1.68. The van der Waals surface area contributed by atoms with Gasteiger partial charge in [0.05, 0.1) is 10.7 Å². The van der Waals surface area contributed by atoms with Crippen molar-refractivity contribution >= 4 is 17.3 Å². The smallest absolute Gasteiger partial charge is 0.301 e. The van der Waals surface area contributed by atoms with Gasteiger partial charge < -0.3 is 15.0 Å². The summed E-state index contributed by atoms with van der Waals surface area (Å²) in [5.74, 6) is 0.614. The maximum atomic E-state index is 5.86. The van der Waals surface area contributed by atoms with E-state index in [1.807, 2.05) is 7.05 Å². The zero-order valence-corrected chi connectivity index (χ0v) is 8.90. The van der Waals surface area contributed by atoms with Gasteiger partial charge in [-0.05, 0) is 12.1 Å². The summed E-state index contributed by atoms with van der Waals surface area (Å²) in [5, 5.41) is 0.474. The lowest BCUT2D eigenvalue weighted by atomic mass is 10.3. The largest absolute Gasteiger partial charge is 0.425 e. The first-order chi connectivity index (χ1) is 7.16. The molecule has 4 nitrogen and oxygen atoms in total. The Morgan fingerprint density at radius 3 is 2.87 bits per heavy atom. The molecule has 0 radical (unpaired) electrons. The van der Waals surface area contributed by atoms with Crippen LogP contribution in [0.4, 0.5) is 5.69 Å². The number of ether oxygens (including phenoxy) is 1. The maximum absolute atomic E-state index is 5.86. The molecule has 0 saturated carbocycles. The molecule has 0 saturated heterocycles. The van der Waals surface area contributed by atoms with Crippen LogP contribution in [0.2, 0.25) is 5.02 Å². The first-order valence-electron chi connectivity index (χ1n) is 4.37. The SMILES string of the molecule is Cn1ccnc1Oc1ccc(N)c(Cl)c1. The zero-order chi connectivity index (χ0) is 10.8. The molecule has 0 spiro atoms. The van der Waals surface area contributed by atoms with Crippen LogP contribution in [0.15, 0.2) is 30.6 Å². The van der Waals surface area contributed by atoms with E-state index in [0.29, 0.717) is 22.5 Å². The number of benzene rings is 1. The van der Waals surface area contributed by atoms with Crippen LogP contribution in [0.25, 0.3) is 0 Å². The van der Waals surface area contributed by atoms with E-state index in [1.165, 1.54) is 0 Å². The Morgan fingerprint density at radius 1 is 1.47 bits per heavy atom. The van der Waals surface area contributed by atoms with Crippen molar-refractivity contribution in [3.63, 3.8) is 0 Å². The van der Waals surface area contributed by atoms with E-state index in [4.69, 9.17) is 22.1 Å². The number of nitrogens with two attached hydrogens (primary N) is 1. The molecule has 1 aromatic heterocycles. The van der Waals surface area contributed by atoms with Crippen molar-refractivity contribution < 1.29 is 4.74 Å². The fourth-order valence-corrected chi connectivity index (χ4v) is 1.30. The van der Waals surface area contributed by atoms with Gasteiger partial charge in [-0.2, -0.15) is 0 Å². The fraction of sp³-hybridized carbons (Fsp3) is 0.100. The second kappa shape index (κ2) is 3.82. The Labute approximate surface area is 92.2 Å². The van der Waals surface area contributed by atoms with Crippen molar-refractivity contribution in [1.82, 2.24) is 9.55 Å². The molecular weight excluding hydrogens is 214 g/mol. The molecule has 15 heavy (non-hydrogen) atoms. The Kier molecular flexibility index (Phi) is 2.51. The monoisotopic (exact) mass is 223 g/mol. The van der Waals surface area contributed by atoms with E-state index >= 15 is 0 Å². The average molecular weight is 224 g/mol. The summed E-state index contributed by atoms with van der Waals surface area (Å²) in [6.45, 7) is 0. The van der Waals surface area contributed by atoms with Gasteiger partial charge in [0.2, 0.25) is 0 Å². The quantitative estimate of drug-likeness (QED) is 0.796. The van der Waals surface area contributed by atoms with Crippen molar-refractivity contribution in [3.8, 4) is 11.8 Å². The van der Waals surface area contributed by atoms with E-state index in [-0.39, 0.29) is 0 Å². The van der Waals surface area contributed by atoms with Crippen LogP contribution in [0.1, 0.15) is 0 Å². The second-order valence-corrected chi connectivity index (χ2v) is 3.51. The van der Waals surface area contributed by atoms with Gasteiger partial charge in [0.25, 0.3) is 0 Å². The molecular formula is C10H10ClN3O. The van der Waals surface area contributed by atoms with Crippen LogP contribution in [0, 0.1) is 0 Å². The van der Waals surface area contributed by atoms with E-state index in [0.717, 1.165) is 0 Å². The molecule has 1 aromatic carbocycles. The van der Waals surface area contributed by atoms with Crippen molar-refractivity contribution in [2.75, 3.05) is 5.73 Å². The standard InChI is InChI=1S/C10H10ClN3O/c1-14-5-4-13-10(14)15-7-2-3-9(12)8(11)6-7/h2-6H,12H2,1H3. The molecule has 0 unspecified atom stereocenters. The number of aryl methyl sites for hydroxylation is 1. The van der Waals surface area contributed by atoms with Crippen molar-refractivity contribution in [3.05, 3.63) is 35.6 Å². The number of hydrogen-bond acceptors (Lipinski definition) is 3. The third-order valence-electron chi connectivity index (χ3n) is 1.96. The number of rotatable bonds is 2. The number of aromatic nitrogens is 2. The molecule has 0 amide bonds. The molecule has 0 atom stereocenters. The Bertz CT molecular complexity index is 481. The van der Waals surface area contributed by atoms with Crippen LogP contribution >= 0.6 is 11.6 Å². The molecule has 2 aromatic rings. The lowest BCUT2D eigenvalue weighted by Crippen LogP contribution is -1.94. The van der Waals surface area contributed by atoms with Gasteiger partial charge in [-0.3, -0.25) is 0 Å². The number of nitrogens with zero attached hydrogens (tertiary/aromatic N) is 2. The molecule has 2 N–H and O–H groups in total. The minimum Gasteiger partial charge on any atom is -0.425 e. The van der Waals surface area contributed by atoms with Crippen molar-refractivity contribution in [2.24, 2.45) is 7.05 Å². The molecule has 78 valence electrons. The van der Waals surface area contributed by atoms with Crippen LogP contribution in [-0.4, -0.2) is 9.55 Å². The summed E-state index contributed by atoms with van der Waals surface area (Å²) in [6.07, 6.45) is 3.46. The number of imidazole rings is 1. The summed E-state index contributed by atoms with van der Waals surface area (Å²) in [7, 11) is 1.85. The highest BCUT2D eigenvalue weighted by atomic mass is 35.5. The summed E-state index contributed by atoms with van der Waals surface area (Å²) < 4.78 is 7.26. The summed E-state index contributed by atoms with van der Waals surface area (Å²) >= 11 is 5.86. The highest BCUT2D eigenvalue weighted by molar-refractivity contribution is 6.33. The van der Waals surface area contributed by atoms with Crippen LogP contribution in [0.3, 0.4) is 0 Å². The lowest BCUT2D eigenvalue weighted by molar-refractivity contribution is 0.425. The molecule has 0 aliphatic carbocycles. The molecule has 1 heterocycles. The first kappa shape index (κ1) is 9.86. The third-order valence-corrected chi connectivity index (χ3v) is 2.29. The number of halogens is 1. The van der Waals surface area contributed by atoms with E-state index in [1.54, 1.807) is 35.2 Å². The maximum Gasteiger partial charge on any atom is 0.301 e. The van der Waals surface area contributed by atoms with E-state index in [2.05, 4.69) is 4.98 Å². The lowest BCUT2D eigenvalue weighted by Gasteiger charge is -2.05. The van der Waals surface area contributed by atoms with Gasteiger partial charge in [-0.15, -0.1) is 0 Å².